The molecule has 1 aromatic heterocycles. The average Bonchev–Trinajstić information content (AvgIpc) is 2.44. The third-order valence-corrected chi connectivity index (χ3v) is 2.89. The Morgan fingerprint density at radius 2 is 2.00 bits per heavy atom. The molecule has 2 rings (SSSR count). The second-order valence-corrected chi connectivity index (χ2v) is 4.34. The highest BCUT2D eigenvalue weighted by Crippen LogP contribution is 2.26. The second-order valence-electron chi connectivity index (χ2n) is 4.34. The van der Waals surface area contributed by atoms with Crippen LogP contribution in [0.4, 0.5) is 0 Å². The number of H-pyrrole nitrogens is 1. The number of benzene rings is 1. The number of aryl methyl sites for hydroxylation is 2. The number of hydrogen-bond acceptors (Lipinski definition) is 1. The molecule has 1 N–H and O–H groups in total. The van der Waals surface area contributed by atoms with Crippen molar-refractivity contribution in [3.63, 3.8) is 0 Å². The van der Waals surface area contributed by atoms with Gasteiger partial charge in [-0.3, -0.25) is 4.57 Å². The first-order chi connectivity index (χ1) is 7.02. The van der Waals surface area contributed by atoms with Crippen LogP contribution in [0.3, 0.4) is 0 Å². The molecule has 0 atom stereocenters. The first-order valence-electron chi connectivity index (χ1n) is 5.20. The summed E-state index contributed by atoms with van der Waals surface area (Å²) < 4.78 is 1.69. The van der Waals surface area contributed by atoms with Gasteiger partial charge in [-0.2, -0.15) is 0 Å². The van der Waals surface area contributed by atoms with Gasteiger partial charge in [0.05, 0.1) is 11.0 Å². The van der Waals surface area contributed by atoms with Gasteiger partial charge in [-0.25, -0.2) is 4.79 Å². The molecule has 1 heterocycles. The molecule has 0 unspecified atom stereocenters. The van der Waals surface area contributed by atoms with E-state index in [0.717, 1.165) is 11.0 Å². The van der Waals surface area contributed by atoms with Crippen molar-refractivity contribution in [1.29, 1.82) is 0 Å². The Morgan fingerprint density at radius 3 is 2.60 bits per heavy atom. The standard InChI is InChI=1S/C12H16N2O/c1-7(2)10-8(3)5-6-9-11(10)14(4)12(15)13-9/h5-7H,1-4H3,(H,13,15). The van der Waals surface area contributed by atoms with Crippen LogP contribution in [0, 0.1) is 6.92 Å². The maximum atomic E-state index is 11.5. The van der Waals surface area contributed by atoms with E-state index >= 15 is 0 Å². The van der Waals surface area contributed by atoms with E-state index in [2.05, 4.69) is 31.8 Å². The molecular formula is C12H16N2O. The van der Waals surface area contributed by atoms with Crippen molar-refractivity contribution in [2.24, 2.45) is 7.05 Å². The highest BCUT2D eigenvalue weighted by Gasteiger charge is 2.13. The van der Waals surface area contributed by atoms with Gasteiger partial charge in [0.2, 0.25) is 0 Å². The zero-order chi connectivity index (χ0) is 11.2. The van der Waals surface area contributed by atoms with Gasteiger partial charge >= 0.3 is 5.69 Å². The summed E-state index contributed by atoms with van der Waals surface area (Å²) in [5.74, 6) is 0.426. The third kappa shape index (κ3) is 1.39. The fourth-order valence-corrected chi connectivity index (χ4v) is 2.20. The molecule has 0 bridgehead atoms. The fraction of sp³-hybridized carbons (Fsp3) is 0.417. The van der Waals surface area contributed by atoms with Gasteiger partial charge in [-0.1, -0.05) is 19.9 Å². The van der Waals surface area contributed by atoms with Gasteiger partial charge in [-0.15, -0.1) is 0 Å². The summed E-state index contributed by atoms with van der Waals surface area (Å²) >= 11 is 0. The normalized spacial score (nSPS) is 11.5. The first-order valence-corrected chi connectivity index (χ1v) is 5.20. The summed E-state index contributed by atoms with van der Waals surface area (Å²) in [7, 11) is 1.81. The van der Waals surface area contributed by atoms with Crippen molar-refractivity contribution in [3.8, 4) is 0 Å². The number of nitrogens with zero attached hydrogens (tertiary/aromatic N) is 1. The molecule has 80 valence electrons. The lowest BCUT2D eigenvalue weighted by atomic mass is 9.96. The molecule has 0 saturated heterocycles. The minimum absolute atomic E-state index is 0.0440. The van der Waals surface area contributed by atoms with Crippen LogP contribution < -0.4 is 5.69 Å². The summed E-state index contributed by atoms with van der Waals surface area (Å²) in [5, 5.41) is 0. The van der Waals surface area contributed by atoms with Crippen molar-refractivity contribution >= 4 is 11.0 Å². The molecule has 0 amide bonds. The number of aromatic nitrogens is 2. The summed E-state index contributed by atoms with van der Waals surface area (Å²) in [6, 6.07) is 4.03. The molecular weight excluding hydrogens is 188 g/mol. The Balaban J connectivity index is 2.97. The summed E-state index contributed by atoms with van der Waals surface area (Å²) in [5.41, 5.74) is 4.42. The molecule has 3 heteroatoms. The van der Waals surface area contributed by atoms with E-state index in [4.69, 9.17) is 0 Å². The predicted octanol–water partition coefficient (Wildman–Crippen LogP) is 2.30. The van der Waals surface area contributed by atoms with Crippen molar-refractivity contribution in [3.05, 3.63) is 33.7 Å². The highest BCUT2D eigenvalue weighted by atomic mass is 16.1. The minimum atomic E-state index is -0.0440. The van der Waals surface area contributed by atoms with Gasteiger partial charge in [0.25, 0.3) is 0 Å². The Labute approximate surface area is 88.7 Å². The van der Waals surface area contributed by atoms with Gasteiger partial charge in [-0.05, 0) is 30.0 Å². The SMILES string of the molecule is Cc1ccc2[nH]c(=O)n(C)c2c1C(C)C. The third-order valence-electron chi connectivity index (χ3n) is 2.89. The van der Waals surface area contributed by atoms with E-state index in [1.165, 1.54) is 11.1 Å². The second kappa shape index (κ2) is 3.26. The molecule has 0 aliphatic carbocycles. The molecule has 0 aliphatic rings. The Bertz CT molecular complexity index is 561. The Morgan fingerprint density at radius 1 is 1.33 bits per heavy atom. The van der Waals surface area contributed by atoms with Crippen LogP contribution in [0.15, 0.2) is 16.9 Å². The average molecular weight is 204 g/mol. The number of imidazole rings is 1. The topological polar surface area (TPSA) is 37.8 Å². The molecule has 2 aromatic rings. The fourth-order valence-electron chi connectivity index (χ4n) is 2.20. The molecule has 1 aromatic carbocycles. The largest absolute Gasteiger partial charge is 0.326 e. The number of rotatable bonds is 1. The highest BCUT2D eigenvalue weighted by molar-refractivity contribution is 5.80. The van der Waals surface area contributed by atoms with Crippen LogP contribution in [0.1, 0.15) is 30.9 Å². The van der Waals surface area contributed by atoms with Gasteiger partial charge in [0.1, 0.15) is 0 Å². The quantitative estimate of drug-likeness (QED) is 0.760. The number of fused-ring (bicyclic) bond motifs is 1. The van der Waals surface area contributed by atoms with Crippen molar-refractivity contribution in [1.82, 2.24) is 9.55 Å². The molecule has 0 saturated carbocycles. The van der Waals surface area contributed by atoms with Gasteiger partial charge in [0.15, 0.2) is 0 Å². The van der Waals surface area contributed by atoms with Crippen LogP contribution in [-0.4, -0.2) is 9.55 Å². The maximum absolute atomic E-state index is 11.5. The maximum Gasteiger partial charge on any atom is 0.326 e. The van der Waals surface area contributed by atoms with Crippen molar-refractivity contribution in [2.75, 3.05) is 0 Å². The first kappa shape index (κ1) is 10.0. The molecule has 0 aliphatic heterocycles. The van der Waals surface area contributed by atoms with E-state index < -0.39 is 0 Å². The minimum Gasteiger partial charge on any atom is -0.306 e. The number of nitrogens with one attached hydrogen (secondary N) is 1. The molecule has 15 heavy (non-hydrogen) atoms. The van der Waals surface area contributed by atoms with E-state index in [-0.39, 0.29) is 5.69 Å². The van der Waals surface area contributed by atoms with Crippen molar-refractivity contribution < 1.29 is 0 Å². The number of hydrogen-bond donors (Lipinski definition) is 1. The Hall–Kier alpha value is -1.51. The van der Waals surface area contributed by atoms with E-state index in [0.29, 0.717) is 5.92 Å². The van der Waals surface area contributed by atoms with Gasteiger partial charge < -0.3 is 4.98 Å². The lowest BCUT2D eigenvalue weighted by Gasteiger charge is -2.12. The summed E-state index contributed by atoms with van der Waals surface area (Å²) in [6.45, 7) is 6.39. The molecule has 3 nitrogen and oxygen atoms in total. The smallest absolute Gasteiger partial charge is 0.306 e. The van der Waals surface area contributed by atoms with Crippen LogP contribution in [0.25, 0.3) is 11.0 Å². The number of aromatic amines is 1. The van der Waals surface area contributed by atoms with Crippen molar-refractivity contribution in [2.45, 2.75) is 26.7 Å². The van der Waals surface area contributed by atoms with Crippen LogP contribution >= 0.6 is 0 Å². The van der Waals surface area contributed by atoms with Crippen LogP contribution in [0.2, 0.25) is 0 Å². The summed E-state index contributed by atoms with van der Waals surface area (Å²) in [6.07, 6.45) is 0. The van der Waals surface area contributed by atoms with E-state index in [9.17, 15) is 4.79 Å². The lowest BCUT2D eigenvalue weighted by Crippen LogP contribution is -2.12. The zero-order valence-electron chi connectivity index (χ0n) is 9.59. The lowest BCUT2D eigenvalue weighted by molar-refractivity contribution is 0.835. The molecule has 0 radical (unpaired) electrons. The molecule has 0 spiro atoms. The van der Waals surface area contributed by atoms with E-state index in [1.807, 2.05) is 13.1 Å². The Kier molecular flexibility index (Phi) is 2.18. The predicted molar refractivity (Wildman–Crippen MR) is 62.4 cm³/mol. The van der Waals surface area contributed by atoms with Crippen LogP contribution in [-0.2, 0) is 7.05 Å². The summed E-state index contributed by atoms with van der Waals surface area (Å²) in [4.78, 5) is 14.4. The molecule has 0 fully saturated rings. The van der Waals surface area contributed by atoms with Gasteiger partial charge in [0, 0.05) is 7.05 Å². The van der Waals surface area contributed by atoms with Crippen LogP contribution in [0.5, 0.6) is 0 Å². The monoisotopic (exact) mass is 204 g/mol. The zero-order valence-corrected chi connectivity index (χ0v) is 9.59. The van der Waals surface area contributed by atoms with E-state index in [1.54, 1.807) is 4.57 Å².